The summed E-state index contributed by atoms with van der Waals surface area (Å²) < 4.78 is 0. The summed E-state index contributed by atoms with van der Waals surface area (Å²) in [6, 6.07) is 8.44. The molecule has 0 radical (unpaired) electrons. The molecule has 0 aliphatic rings. The number of nitrogen functional groups attached to an aromatic ring is 1. The third kappa shape index (κ3) is 2.97. The fraction of sp³-hybridized carbons (Fsp3) is 0.0909. The zero-order valence-electron chi connectivity index (χ0n) is 9.00. The summed E-state index contributed by atoms with van der Waals surface area (Å²) in [5.74, 6) is 0.0279. The molecule has 0 bridgehead atoms. The smallest absolute Gasteiger partial charge is 0.270 e. The Kier molecular flexibility index (Phi) is 3.25. The second-order valence-corrected chi connectivity index (χ2v) is 3.35. The minimum atomic E-state index is -0.289. The molecule has 17 heavy (non-hydrogen) atoms. The fourth-order valence-corrected chi connectivity index (χ4v) is 1.27. The highest BCUT2D eigenvalue weighted by atomic mass is 16.1. The summed E-state index contributed by atoms with van der Waals surface area (Å²) in [4.78, 5) is 15.6. The van der Waals surface area contributed by atoms with Crippen molar-refractivity contribution in [2.75, 3.05) is 5.73 Å². The molecule has 6 heteroatoms. The van der Waals surface area contributed by atoms with E-state index < -0.39 is 0 Å². The molecule has 0 saturated heterocycles. The van der Waals surface area contributed by atoms with Gasteiger partial charge in [0.05, 0.1) is 12.2 Å². The summed E-state index contributed by atoms with van der Waals surface area (Å²) in [7, 11) is 0. The average Bonchev–Trinajstić information content (AvgIpc) is 2.37. The first-order valence-corrected chi connectivity index (χ1v) is 5.03. The van der Waals surface area contributed by atoms with Crippen LogP contribution in [-0.2, 0) is 6.54 Å². The van der Waals surface area contributed by atoms with Crippen LogP contribution in [0.5, 0.6) is 0 Å². The Labute approximate surface area is 97.9 Å². The lowest BCUT2D eigenvalue weighted by molar-refractivity contribution is 0.0945. The summed E-state index contributed by atoms with van der Waals surface area (Å²) in [5, 5.41) is 10.2. The maximum absolute atomic E-state index is 11.7. The molecule has 2 aromatic heterocycles. The number of amides is 1. The number of anilines is 1. The quantitative estimate of drug-likeness (QED) is 0.793. The van der Waals surface area contributed by atoms with Crippen LogP contribution in [-0.4, -0.2) is 21.1 Å². The van der Waals surface area contributed by atoms with Gasteiger partial charge in [-0.2, -0.15) is 10.2 Å². The third-order valence-corrected chi connectivity index (χ3v) is 2.06. The van der Waals surface area contributed by atoms with E-state index >= 15 is 0 Å². The van der Waals surface area contributed by atoms with E-state index in [0.29, 0.717) is 18.1 Å². The second kappa shape index (κ2) is 5.02. The van der Waals surface area contributed by atoms with Crippen molar-refractivity contribution >= 4 is 11.7 Å². The molecule has 2 heterocycles. The molecule has 0 aliphatic carbocycles. The highest BCUT2D eigenvalue weighted by Crippen LogP contribution is 2.00. The summed E-state index contributed by atoms with van der Waals surface area (Å²) in [6.07, 6.45) is 1.57. The molecule has 2 aromatic rings. The maximum atomic E-state index is 11.7. The third-order valence-electron chi connectivity index (χ3n) is 2.06. The van der Waals surface area contributed by atoms with Gasteiger partial charge in [0.15, 0.2) is 0 Å². The van der Waals surface area contributed by atoms with Crippen molar-refractivity contribution in [3.63, 3.8) is 0 Å². The van der Waals surface area contributed by atoms with Gasteiger partial charge in [-0.3, -0.25) is 4.79 Å². The lowest BCUT2D eigenvalue weighted by atomic mass is 10.3. The molecule has 2 rings (SSSR count). The van der Waals surface area contributed by atoms with Crippen molar-refractivity contribution in [3.05, 3.63) is 47.9 Å². The molecule has 0 aliphatic heterocycles. The number of hydrogen-bond acceptors (Lipinski definition) is 5. The SMILES string of the molecule is Nc1cccc(C(=O)NCc2cccnn2)n1. The highest BCUT2D eigenvalue weighted by molar-refractivity contribution is 5.92. The molecule has 0 unspecified atom stereocenters. The van der Waals surface area contributed by atoms with Crippen LogP contribution in [0.25, 0.3) is 0 Å². The van der Waals surface area contributed by atoms with Gasteiger partial charge >= 0.3 is 0 Å². The molecule has 0 aromatic carbocycles. The number of aromatic nitrogens is 3. The van der Waals surface area contributed by atoms with E-state index in [9.17, 15) is 4.79 Å². The number of nitrogens with zero attached hydrogens (tertiary/aromatic N) is 3. The highest BCUT2D eigenvalue weighted by Gasteiger charge is 2.06. The summed E-state index contributed by atoms with van der Waals surface area (Å²) >= 11 is 0. The van der Waals surface area contributed by atoms with E-state index in [1.807, 2.05) is 0 Å². The van der Waals surface area contributed by atoms with Crippen molar-refractivity contribution in [3.8, 4) is 0 Å². The average molecular weight is 229 g/mol. The molecule has 86 valence electrons. The lowest BCUT2D eigenvalue weighted by Gasteiger charge is -2.03. The molecule has 3 N–H and O–H groups in total. The van der Waals surface area contributed by atoms with Gasteiger partial charge in [-0.1, -0.05) is 6.07 Å². The lowest BCUT2D eigenvalue weighted by Crippen LogP contribution is -2.24. The summed E-state index contributed by atoms with van der Waals surface area (Å²) in [6.45, 7) is 0.309. The van der Waals surface area contributed by atoms with E-state index in [0.717, 1.165) is 0 Å². The van der Waals surface area contributed by atoms with Gasteiger partial charge in [0.2, 0.25) is 0 Å². The molecule has 0 spiro atoms. The van der Waals surface area contributed by atoms with Crippen molar-refractivity contribution in [2.24, 2.45) is 0 Å². The van der Waals surface area contributed by atoms with Crippen molar-refractivity contribution in [1.29, 1.82) is 0 Å². The topological polar surface area (TPSA) is 93.8 Å². The van der Waals surface area contributed by atoms with Crippen LogP contribution in [0.15, 0.2) is 36.5 Å². The number of carbonyl (C=O) groups excluding carboxylic acids is 1. The Bertz CT molecular complexity index is 514. The van der Waals surface area contributed by atoms with Crippen LogP contribution in [0.3, 0.4) is 0 Å². The number of rotatable bonds is 3. The normalized spacial score (nSPS) is 9.88. The maximum Gasteiger partial charge on any atom is 0.270 e. The zero-order chi connectivity index (χ0) is 12.1. The molecule has 1 amide bonds. The number of carbonyl (C=O) groups is 1. The Morgan fingerprint density at radius 1 is 1.29 bits per heavy atom. The van der Waals surface area contributed by atoms with Crippen LogP contribution in [0, 0.1) is 0 Å². The fourth-order valence-electron chi connectivity index (χ4n) is 1.27. The Morgan fingerprint density at radius 2 is 2.18 bits per heavy atom. The Morgan fingerprint density at radius 3 is 2.88 bits per heavy atom. The first-order valence-electron chi connectivity index (χ1n) is 5.03. The molecule has 0 atom stereocenters. The van der Waals surface area contributed by atoms with Crippen molar-refractivity contribution < 1.29 is 4.79 Å². The van der Waals surface area contributed by atoms with Crippen LogP contribution < -0.4 is 11.1 Å². The first-order chi connectivity index (χ1) is 8.25. The number of pyridine rings is 1. The van der Waals surface area contributed by atoms with Crippen LogP contribution >= 0.6 is 0 Å². The van der Waals surface area contributed by atoms with E-state index in [1.54, 1.807) is 36.5 Å². The van der Waals surface area contributed by atoms with Crippen LogP contribution in [0.4, 0.5) is 5.82 Å². The molecule has 0 fully saturated rings. The Hall–Kier alpha value is -2.50. The van der Waals surface area contributed by atoms with E-state index in [-0.39, 0.29) is 11.6 Å². The van der Waals surface area contributed by atoms with E-state index in [2.05, 4.69) is 20.5 Å². The van der Waals surface area contributed by atoms with Gasteiger partial charge in [0.25, 0.3) is 5.91 Å². The van der Waals surface area contributed by atoms with Gasteiger partial charge in [0, 0.05) is 6.20 Å². The number of hydrogen-bond donors (Lipinski definition) is 2. The Balaban J connectivity index is 1.98. The van der Waals surface area contributed by atoms with Gasteiger partial charge in [-0.25, -0.2) is 4.98 Å². The molecule has 0 saturated carbocycles. The van der Waals surface area contributed by atoms with Gasteiger partial charge < -0.3 is 11.1 Å². The number of nitrogens with two attached hydrogens (primary N) is 1. The molecular formula is C11H11N5O. The first kappa shape index (κ1) is 11.0. The van der Waals surface area contributed by atoms with E-state index in [1.165, 1.54) is 0 Å². The van der Waals surface area contributed by atoms with Crippen LogP contribution in [0.1, 0.15) is 16.2 Å². The predicted molar refractivity (Wildman–Crippen MR) is 61.9 cm³/mol. The molecular weight excluding hydrogens is 218 g/mol. The van der Waals surface area contributed by atoms with Crippen molar-refractivity contribution in [1.82, 2.24) is 20.5 Å². The number of nitrogens with one attached hydrogen (secondary N) is 1. The summed E-state index contributed by atoms with van der Waals surface area (Å²) in [5.41, 5.74) is 6.46. The zero-order valence-corrected chi connectivity index (χ0v) is 9.00. The minimum Gasteiger partial charge on any atom is -0.384 e. The van der Waals surface area contributed by atoms with E-state index in [4.69, 9.17) is 5.73 Å². The van der Waals surface area contributed by atoms with Gasteiger partial charge in [-0.15, -0.1) is 0 Å². The van der Waals surface area contributed by atoms with Crippen molar-refractivity contribution in [2.45, 2.75) is 6.54 Å². The van der Waals surface area contributed by atoms with Gasteiger partial charge in [0.1, 0.15) is 11.5 Å². The van der Waals surface area contributed by atoms with Gasteiger partial charge in [-0.05, 0) is 24.3 Å². The monoisotopic (exact) mass is 229 g/mol. The largest absolute Gasteiger partial charge is 0.384 e. The second-order valence-electron chi connectivity index (χ2n) is 3.35. The minimum absolute atomic E-state index is 0.286. The predicted octanol–water partition coefficient (Wildman–Crippen LogP) is 0.384. The standard InChI is InChI=1S/C11H11N5O/c12-10-5-1-4-9(15-10)11(17)13-7-8-3-2-6-14-16-8/h1-6H,7H2,(H2,12,15)(H,13,17). The molecule has 6 nitrogen and oxygen atoms in total. The van der Waals surface area contributed by atoms with Crippen LogP contribution in [0.2, 0.25) is 0 Å².